The molecule has 5 nitrogen and oxygen atoms in total. The lowest BCUT2D eigenvalue weighted by Gasteiger charge is -2.12. The molecule has 0 radical (unpaired) electrons. The summed E-state index contributed by atoms with van der Waals surface area (Å²) in [6.45, 7) is 1.77. The third-order valence-electron chi connectivity index (χ3n) is 2.81. The molecule has 0 aliphatic carbocycles. The second-order valence-corrected chi connectivity index (χ2v) is 4.78. The van der Waals surface area contributed by atoms with E-state index < -0.39 is 0 Å². The molecular weight excluding hydrogens is 284 g/mol. The molecule has 1 atom stereocenters. The van der Waals surface area contributed by atoms with Crippen LogP contribution >= 0.6 is 15.9 Å². The summed E-state index contributed by atoms with van der Waals surface area (Å²) in [5.41, 5.74) is 0. The molecule has 0 spiro atoms. The third-order valence-corrected chi connectivity index (χ3v) is 3.56. The molecule has 0 saturated carbocycles. The van der Waals surface area contributed by atoms with Gasteiger partial charge >= 0.3 is 0 Å². The average Bonchev–Trinajstić information content (AvgIpc) is 2.84. The number of anilines is 2. The number of nitrogens with zero attached hydrogens (tertiary/aromatic N) is 2. The second kappa shape index (κ2) is 6.16. The van der Waals surface area contributed by atoms with Gasteiger partial charge in [0, 0.05) is 20.2 Å². The van der Waals surface area contributed by atoms with Crippen LogP contribution in [0.2, 0.25) is 0 Å². The zero-order chi connectivity index (χ0) is 12.1. The topological polar surface area (TPSA) is 59.1 Å². The number of ether oxygens (including phenoxy) is 1. The van der Waals surface area contributed by atoms with E-state index in [1.807, 2.05) is 7.05 Å². The van der Waals surface area contributed by atoms with Crippen LogP contribution in [0, 0.1) is 0 Å². The summed E-state index contributed by atoms with van der Waals surface area (Å²) >= 11 is 3.47. The minimum Gasteiger partial charge on any atom is -0.378 e. The standard InChI is InChI=1S/C11H17BrN4O/c1-13-10-9(12)11(16-7-15-10)14-5-4-8-3-2-6-17-8/h7-8H,2-6H2,1H3,(H2,13,14,15,16). The second-order valence-electron chi connectivity index (χ2n) is 3.99. The maximum Gasteiger partial charge on any atom is 0.145 e. The molecule has 1 aliphatic rings. The molecule has 1 fully saturated rings. The molecule has 0 amide bonds. The van der Waals surface area contributed by atoms with Gasteiger partial charge in [-0.1, -0.05) is 0 Å². The highest BCUT2D eigenvalue weighted by molar-refractivity contribution is 9.10. The Labute approximate surface area is 110 Å². The van der Waals surface area contributed by atoms with Crippen molar-refractivity contribution in [1.82, 2.24) is 9.97 Å². The molecule has 6 heteroatoms. The summed E-state index contributed by atoms with van der Waals surface area (Å²) in [4.78, 5) is 8.31. The van der Waals surface area contributed by atoms with Gasteiger partial charge < -0.3 is 15.4 Å². The molecule has 1 aromatic rings. The van der Waals surface area contributed by atoms with E-state index in [0.29, 0.717) is 6.10 Å². The highest BCUT2D eigenvalue weighted by atomic mass is 79.9. The highest BCUT2D eigenvalue weighted by Gasteiger charge is 2.15. The molecule has 0 bridgehead atoms. The smallest absolute Gasteiger partial charge is 0.145 e. The van der Waals surface area contributed by atoms with Gasteiger partial charge in [-0.3, -0.25) is 0 Å². The number of hydrogen-bond donors (Lipinski definition) is 2. The molecule has 2 heterocycles. The lowest BCUT2D eigenvalue weighted by Crippen LogP contribution is -2.13. The first-order chi connectivity index (χ1) is 8.31. The van der Waals surface area contributed by atoms with Crippen LogP contribution in [0.4, 0.5) is 11.6 Å². The van der Waals surface area contributed by atoms with E-state index in [2.05, 4.69) is 36.5 Å². The van der Waals surface area contributed by atoms with Gasteiger partial charge in [-0.15, -0.1) is 0 Å². The lowest BCUT2D eigenvalue weighted by atomic mass is 10.2. The van der Waals surface area contributed by atoms with Crippen LogP contribution in [0.25, 0.3) is 0 Å². The summed E-state index contributed by atoms with van der Waals surface area (Å²) in [5, 5.41) is 6.30. The lowest BCUT2D eigenvalue weighted by molar-refractivity contribution is 0.107. The molecule has 1 aromatic heterocycles. The molecule has 94 valence electrons. The van der Waals surface area contributed by atoms with Gasteiger partial charge in [0.15, 0.2) is 0 Å². The van der Waals surface area contributed by atoms with E-state index in [9.17, 15) is 0 Å². The Hall–Kier alpha value is -0.880. The molecule has 2 rings (SSSR count). The predicted molar refractivity (Wildman–Crippen MR) is 71.4 cm³/mol. The fraction of sp³-hybridized carbons (Fsp3) is 0.636. The van der Waals surface area contributed by atoms with Gasteiger partial charge in [0.25, 0.3) is 0 Å². The monoisotopic (exact) mass is 300 g/mol. The van der Waals surface area contributed by atoms with E-state index in [1.54, 1.807) is 6.33 Å². The summed E-state index contributed by atoms with van der Waals surface area (Å²) in [7, 11) is 1.84. The molecule has 17 heavy (non-hydrogen) atoms. The Morgan fingerprint density at radius 3 is 3.00 bits per heavy atom. The van der Waals surface area contributed by atoms with Crippen LogP contribution in [0.5, 0.6) is 0 Å². The maximum absolute atomic E-state index is 5.57. The number of halogens is 1. The highest BCUT2D eigenvalue weighted by Crippen LogP contribution is 2.26. The first-order valence-electron chi connectivity index (χ1n) is 5.85. The van der Waals surface area contributed by atoms with Crippen molar-refractivity contribution in [2.24, 2.45) is 0 Å². The number of hydrogen-bond acceptors (Lipinski definition) is 5. The van der Waals surface area contributed by atoms with Crippen molar-refractivity contribution in [3.63, 3.8) is 0 Å². The van der Waals surface area contributed by atoms with Crippen LogP contribution in [0.3, 0.4) is 0 Å². The quantitative estimate of drug-likeness (QED) is 0.873. The minimum absolute atomic E-state index is 0.409. The Balaban J connectivity index is 1.85. The first kappa shape index (κ1) is 12.6. The van der Waals surface area contributed by atoms with Crippen molar-refractivity contribution in [2.75, 3.05) is 30.8 Å². The first-order valence-corrected chi connectivity index (χ1v) is 6.64. The van der Waals surface area contributed by atoms with Crippen LogP contribution in [-0.4, -0.2) is 36.3 Å². The summed E-state index contributed by atoms with van der Waals surface area (Å²) < 4.78 is 6.44. The molecule has 1 aliphatic heterocycles. The third kappa shape index (κ3) is 3.29. The van der Waals surface area contributed by atoms with Crippen LogP contribution in [-0.2, 0) is 4.74 Å². The molecular formula is C11H17BrN4O. The van der Waals surface area contributed by atoms with Crippen molar-refractivity contribution in [2.45, 2.75) is 25.4 Å². The fourth-order valence-electron chi connectivity index (χ4n) is 1.89. The van der Waals surface area contributed by atoms with Gasteiger partial charge in [-0.2, -0.15) is 0 Å². The molecule has 0 aromatic carbocycles. The molecule has 2 N–H and O–H groups in total. The van der Waals surface area contributed by atoms with Gasteiger partial charge in [0.2, 0.25) is 0 Å². The predicted octanol–water partition coefficient (Wildman–Crippen LogP) is 2.26. The Kier molecular flexibility index (Phi) is 4.56. The summed E-state index contributed by atoms with van der Waals surface area (Å²) in [6.07, 6.45) is 5.34. The molecule has 1 saturated heterocycles. The number of aromatic nitrogens is 2. The minimum atomic E-state index is 0.409. The SMILES string of the molecule is CNc1ncnc(NCCC2CCCO2)c1Br. The summed E-state index contributed by atoms with van der Waals surface area (Å²) in [6, 6.07) is 0. The van der Waals surface area contributed by atoms with Crippen LogP contribution in [0.1, 0.15) is 19.3 Å². The van der Waals surface area contributed by atoms with Gasteiger partial charge in [0.1, 0.15) is 22.4 Å². The van der Waals surface area contributed by atoms with Crippen LogP contribution < -0.4 is 10.6 Å². The largest absolute Gasteiger partial charge is 0.378 e. The number of rotatable bonds is 5. The normalized spacial score (nSPS) is 19.3. The summed E-state index contributed by atoms with van der Waals surface area (Å²) in [5.74, 6) is 1.61. The van der Waals surface area contributed by atoms with E-state index in [-0.39, 0.29) is 0 Å². The number of nitrogens with one attached hydrogen (secondary N) is 2. The van der Waals surface area contributed by atoms with Gasteiger partial charge in [0.05, 0.1) is 6.10 Å². The maximum atomic E-state index is 5.57. The van der Waals surface area contributed by atoms with E-state index >= 15 is 0 Å². The zero-order valence-corrected chi connectivity index (χ0v) is 11.5. The molecule has 1 unspecified atom stereocenters. The zero-order valence-electron chi connectivity index (χ0n) is 9.87. The van der Waals surface area contributed by atoms with Crippen molar-refractivity contribution in [3.8, 4) is 0 Å². The van der Waals surface area contributed by atoms with Crippen molar-refractivity contribution < 1.29 is 4.74 Å². The Morgan fingerprint density at radius 2 is 2.29 bits per heavy atom. The fourth-order valence-corrected chi connectivity index (χ4v) is 2.43. The average molecular weight is 301 g/mol. The van der Waals surface area contributed by atoms with Crippen molar-refractivity contribution >= 4 is 27.6 Å². The van der Waals surface area contributed by atoms with E-state index in [0.717, 1.165) is 35.7 Å². The Bertz CT molecular complexity index is 368. The van der Waals surface area contributed by atoms with E-state index in [1.165, 1.54) is 12.8 Å². The Morgan fingerprint density at radius 1 is 1.47 bits per heavy atom. The van der Waals surface area contributed by atoms with Crippen LogP contribution in [0.15, 0.2) is 10.8 Å². The van der Waals surface area contributed by atoms with Gasteiger partial charge in [-0.05, 0) is 35.2 Å². The van der Waals surface area contributed by atoms with Gasteiger partial charge in [-0.25, -0.2) is 9.97 Å². The van der Waals surface area contributed by atoms with Crippen molar-refractivity contribution in [1.29, 1.82) is 0 Å². The van der Waals surface area contributed by atoms with E-state index in [4.69, 9.17) is 4.74 Å². The van der Waals surface area contributed by atoms with Crippen molar-refractivity contribution in [3.05, 3.63) is 10.8 Å².